The van der Waals surface area contributed by atoms with Gasteiger partial charge in [-0.05, 0) is 64.5 Å². The SMILES string of the molecule is C=C(C#N)/C=C\C=C(/C)c1ccc(-c2nc(-c3ccccc3)nc(-c3cccc(C4(c5ccccc5)c5ccccc5C5=CC=CCC54)c3)n2)cc1. The van der Waals surface area contributed by atoms with Crippen LogP contribution in [0.25, 0.3) is 45.3 Å². The van der Waals surface area contributed by atoms with Gasteiger partial charge in [-0.25, -0.2) is 15.0 Å². The molecule has 2 aliphatic rings. The first-order valence-electron chi connectivity index (χ1n) is 17.6. The molecule has 0 bridgehead atoms. The number of nitriles is 1. The van der Waals surface area contributed by atoms with Gasteiger partial charge in [-0.2, -0.15) is 5.26 Å². The van der Waals surface area contributed by atoms with Crippen LogP contribution in [-0.4, -0.2) is 15.0 Å². The Morgan fingerprint density at radius 3 is 2.08 bits per heavy atom. The van der Waals surface area contributed by atoms with Crippen molar-refractivity contribution < 1.29 is 0 Å². The summed E-state index contributed by atoms with van der Waals surface area (Å²) in [7, 11) is 0. The van der Waals surface area contributed by atoms with Crippen molar-refractivity contribution in [2.24, 2.45) is 5.92 Å². The van der Waals surface area contributed by atoms with Crippen molar-refractivity contribution in [1.82, 2.24) is 15.0 Å². The van der Waals surface area contributed by atoms with Gasteiger partial charge in [-0.15, -0.1) is 0 Å². The predicted molar refractivity (Wildman–Crippen MR) is 212 cm³/mol. The van der Waals surface area contributed by atoms with E-state index in [9.17, 15) is 0 Å². The lowest BCUT2D eigenvalue weighted by atomic mass is 9.63. The van der Waals surface area contributed by atoms with Gasteiger partial charge in [0.2, 0.25) is 0 Å². The summed E-state index contributed by atoms with van der Waals surface area (Å²) < 4.78 is 0. The number of hydrogen-bond acceptors (Lipinski definition) is 4. The summed E-state index contributed by atoms with van der Waals surface area (Å²) in [5.74, 6) is 2.11. The fourth-order valence-corrected chi connectivity index (χ4v) is 7.74. The molecule has 0 spiro atoms. The molecule has 2 aliphatic carbocycles. The van der Waals surface area contributed by atoms with Gasteiger partial charge >= 0.3 is 0 Å². The molecule has 5 aromatic carbocycles. The number of allylic oxidation sites excluding steroid dienone is 9. The third-order valence-corrected chi connectivity index (χ3v) is 10.2. The molecule has 0 aliphatic heterocycles. The predicted octanol–water partition coefficient (Wildman–Crippen LogP) is 11.2. The first-order valence-corrected chi connectivity index (χ1v) is 17.6. The zero-order valence-electron chi connectivity index (χ0n) is 28.9. The fraction of sp³-hybridized carbons (Fsp3) is 0.0833. The van der Waals surface area contributed by atoms with Crippen LogP contribution in [0.15, 0.2) is 182 Å². The summed E-state index contributed by atoms with van der Waals surface area (Å²) in [5.41, 5.74) is 11.5. The van der Waals surface area contributed by atoms with Crippen LogP contribution >= 0.6 is 0 Å². The van der Waals surface area contributed by atoms with Crippen LogP contribution in [0.5, 0.6) is 0 Å². The molecule has 1 heterocycles. The molecule has 6 aromatic rings. The number of fused-ring (bicyclic) bond motifs is 3. The van der Waals surface area contributed by atoms with Gasteiger partial charge in [0.25, 0.3) is 0 Å². The lowest BCUT2D eigenvalue weighted by Gasteiger charge is -2.39. The lowest BCUT2D eigenvalue weighted by molar-refractivity contribution is 0.484. The Bertz CT molecular complexity index is 2460. The van der Waals surface area contributed by atoms with E-state index in [2.05, 4.69) is 128 Å². The van der Waals surface area contributed by atoms with Crippen molar-refractivity contribution in [3.05, 3.63) is 210 Å². The summed E-state index contributed by atoms with van der Waals surface area (Å²) >= 11 is 0. The maximum atomic E-state index is 9.00. The molecule has 0 saturated heterocycles. The zero-order chi connectivity index (χ0) is 35.5. The minimum Gasteiger partial charge on any atom is -0.208 e. The van der Waals surface area contributed by atoms with Gasteiger partial charge in [0.1, 0.15) is 0 Å². The fourth-order valence-electron chi connectivity index (χ4n) is 7.74. The molecule has 0 radical (unpaired) electrons. The molecule has 2 atom stereocenters. The highest BCUT2D eigenvalue weighted by Crippen LogP contribution is 2.59. The van der Waals surface area contributed by atoms with Crippen molar-refractivity contribution in [3.63, 3.8) is 0 Å². The van der Waals surface area contributed by atoms with E-state index in [4.69, 9.17) is 20.2 Å². The van der Waals surface area contributed by atoms with Crippen LogP contribution in [-0.2, 0) is 5.41 Å². The largest absolute Gasteiger partial charge is 0.208 e. The van der Waals surface area contributed by atoms with Crippen LogP contribution in [0, 0.1) is 17.2 Å². The standard InChI is InChI=1S/C48H36N4/c1-33(32-49)15-13-16-34(2)35-27-29-37(30-28-35)46-50-45(36-17-5-3-6-18-36)51-47(52-46)38-19-14-22-40(31-38)48(39-20-7-4-8-21-39)43-25-11-9-23-41(43)42-24-10-12-26-44(42)48/h3-25,27-31,44H,1,26H2,2H3/b15-13-,34-16+. The third-order valence-electron chi connectivity index (χ3n) is 10.2. The Labute approximate surface area is 305 Å². The molecule has 52 heavy (non-hydrogen) atoms. The van der Waals surface area contributed by atoms with E-state index in [1.807, 2.05) is 55.5 Å². The van der Waals surface area contributed by atoms with Crippen molar-refractivity contribution in [3.8, 4) is 40.2 Å². The molecular formula is C48H36N4. The maximum Gasteiger partial charge on any atom is 0.164 e. The first-order chi connectivity index (χ1) is 25.6. The van der Waals surface area contributed by atoms with Gasteiger partial charge in [-0.3, -0.25) is 0 Å². The first kappa shape index (κ1) is 32.5. The summed E-state index contributed by atoms with van der Waals surface area (Å²) in [4.78, 5) is 15.2. The highest BCUT2D eigenvalue weighted by molar-refractivity contribution is 5.84. The second-order valence-electron chi connectivity index (χ2n) is 13.2. The molecule has 0 fully saturated rings. The van der Waals surface area contributed by atoms with Gasteiger partial charge < -0.3 is 0 Å². The summed E-state index contributed by atoms with van der Waals surface area (Å²) in [5, 5.41) is 9.00. The molecular weight excluding hydrogens is 633 g/mol. The van der Waals surface area contributed by atoms with Crippen LogP contribution in [0.4, 0.5) is 0 Å². The molecule has 8 rings (SSSR count). The van der Waals surface area contributed by atoms with Gasteiger partial charge in [0.15, 0.2) is 17.5 Å². The molecule has 1 aromatic heterocycles. The highest BCUT2D eigenvalue weighted by Gasteiger charge is 2.51. The van der Waals surface area contributed by atoms with E-state index in [1.54, 1.807) is 6.08 Å². The maximum absolute atomic E-state index is 9.00. The minimum absolute atomic E-state index is 0.248. The second kappa shape index (κ2) is 13.9. The summed E-state index contributed by atoms with van der Waals surface area (Å²) in [6.45, 7) is 5.76. The Morgan fingerprint density at radius 2 is 1.35 bits per heavy atom. The van der Waals surface area contributed by atoms with Crippen LogP contribution in [0.1, 0.15) is 41.2 Å². The Hall–Kier alpha value is -6.70. The van der Waals surface area contributed by atoms with Gasteiger partial charge in [0.05, 0.1) is 11.5 Å². The quantitative estimate of drug-likeness (QED) is 0.120. The molecule has 0 amide bonds. The highest BCUT2D eigenvalue weighted by atomic mass is 15.0. The molecule has 4 nitrogen and oxygen atoms in total. The third kappa shape index (κ3) is 5.83. The Morgan fingerprint density at radius 1 is 0.731 bits per heavy atom. The van der Waals surface area contributed by atoms with Crippen molar-refractivity contribution >= 4 is 11.1 Å². The van der Waals surface area contributed by atoms with Gasteiger partial charge in [0, 0.05) is 28.2 Å². The van der Waals surface area contributed by atoms with Gasteiger partial charge in [-0.1, -0.05) is 164 Å². The normalized spacial score (nSPS) is 17.7. The average Bonchev–Trinajstić information content (AvgIpc) is 3.52. The van der Waals surface area contributed by atoms with Crippen molar-refractivity contribution in [1.29, 1.82) is 5.26 Å². The molecule has 0 N–H and O–H groups in total. The van der Waals surface area contributed by atoms with Crippen LogP contribution < -0.4 is 0 Å². The van der Waals surface area contributed by atoms with Crippen molar-refractivity contribution in [2.45, 2.75) is 18.8 Å². The molecule has 248 valence electrons. The van der Waals surface area contributed by atoms with Crippen LogP contribution in [0.3, 0.4) is 0 Å². The Balaban J connectivity index is 1.26. The summed E-state index contributed by atoms with van der Waals surface area (Å²) in [6.07, 6.45) is 13.3. The average molecular weight is 669 g/mol. The minimum atomic E-state index is -0.388. The van der Waals surface area contributed by atoms with E-state index in [0.717, 1.165) is 34.2 Å². The number of aromatic nitrogens is 3. The number of hydrogen-bond donors (Lipinski definition) is 0. The van der Waals surface area contributed by atoms with E-state index < -0.39 is 0 Å². The zero-order valence-corrected chi connectivity index (χ0v) is 28.9. The van der Waals surface area contributed by atoms with E-state index in [-0.39, 0.29) is 11.3 Å². The molecule has 4 heteroatoms. The van der Waals surface area contributed by atoms with E-state index in [0.29, 0.717) is 23.0 Å². The van der Waals surface area contributed by atoms with E-state index >= 15 is 0 Å². The molecule has 0 saturated carbocycles. The topological polar surface area (TPSA) is 62.5 Å². The van der Waals surface area contributed by atoms with Crippen molar-refractivity contribution in [2.75, 3.05) is 0 Å². The van der Waals surface area contributed by atoms with E-state index in [1.165, 1.54) is 27.8 Å². The second-order valence-corrected chi connectivity index (χ2v) is 13.2. The smallest absolute Gasteiger partial charge is 0.164 e. The van der Waals surface area contributed by atoms with Crippen LogP contribution in [0.2, 0.25) is 0 Å². The summed E-state index contributed by atoms with van der Waals surface area (Å²) in [6, 6.07) is 49.1. The number of rotatable bonds is 8. The number of benzene rings is 5. The molecule has 2 unspecified atom stereocenters. The lowest BCUT2D eigenvalue weighted by Crippen LogP contribution is -2.34. The number of nitrogens with zero attached hydrogens (tertiary/aromatic N) is 4. The Kier molecular flexibility index (Phi) is 8.69. The monoisotopic (exact) mass is 668 g/mol.